The van der Waals surface area contributed by atoms with E-state index in [0.717, 1.165) is 12.8 Å². The van der Waals surface area contributed by atoms with Gasteiger partial charge in [0, 0.05) is 29.9 Å². The Morgan fingerprint density at radius 2 is 2.10 bits per heavy atom. The zero-order valence-electron chi connectivity index (χ0n) is 17.3. The van der Waals surface area contributed by atoms with E-state index in [1.54, 1.807) is 41.5 Å². The molecule has 0 aliphatic carbocycles. The molecule has 30 heavy (non-hydrogen) atoms. The van der Waals surface area contributed by atoms with Gasteiger partial charge in [0.2, 0.25) is 5.91 Å². The molecular formula is C22H28ClN3O4. The molecule has 1 fully saturated rings. The third-order valence-corrected chi connectivity index (χ3v) is 5.23. The van der Waals surface area contributed by atoms with E-state index in [9.17, 15) is 9.59 Å². The Bertz CT molecular complexity index is 835. The van der Waals surface area contributed by atoms with Crippen LogP contribution in [-0.2, 0) is 16.1 Å². The molecular weight excluding hydrogens is 406 g/mol. The summed E-state index contributed by atoms with van der Waals surface area (Å²) in [5, 5.41) is 3.34. The average Bonchev–Trinajstić information content (AvgIpc) is 3.39. The SMILES string of the molecule is CC(C)N(CC(=O)N(Cc1ccco1)CC1CCCO1)C(=O)Nc1cccc(Cl)c1. The monoisotopic (exact) mass is 433 g/mol. The number of amides is 3. The lowest BCUT2D eigenvalue weighted by molar-refractivity contribution is -0.134. The highest BCUT2D eigenvalue weighted by Crippen LogP contribution is 2.18. The van der Waals surface area contributed by atoms with Crippen LogP contribution in [0.3, 0.4) is 0 Å². The van der Waals surface area contributed by atoms with Crippen molar-refractivity contribution in [3.63, 3.8) is 0 Å². The standard InChI is InChI=1S/C22H28ClN3O4/c1-16(2)26(22(28)24-18-7-3-6-17(23)12-18)15-21(27)25(13-19-8-4-10-29-19)14-20-9-5-11-30-20/h3-4,6-8,10,12,16,20H,5,9,11,13-15H2,1-2H3,(H,24,28). The molecule has 3 amide bonds. The Morgan fingerprint density at radius 3 is 2.73 bits per heavy atom. The summed E-state index contributed by atoms with van der Waals surface area (Å²) >= 11 is 6.00. The van der Waals surface area contributed by atoms with E-state index in [0.29, 0.717) is 36.2 Å². The molecule has 1 aromatic heterocycles. The zero-order chi connectivity index (χ0) is 21.5. The first kappa shape index (κ1) is 22.2. The minimum absolute atomic E-state index is 0.0108. The van der Waals surface area contributed by atoms with Crippen LogP contribution in [0.15, 0.2) is 47.1 Å². The number of nitrogens with one attached hydrogen (secondary N) is 1. The Morgan fingerprint density at radius 1 is 1.27 bits per heavy atom. The first-order chi connectivity index (χ1) is 14.4. The van der Waals surface area contributed by atoms with Gasteiger partial charge in [-0.1, -0.05) is 17.7 Å². The van der Waals surface area contributed by atoms with Crippen molar-refractivity contribution >= 4 is 29.2 Å². The van der Waals surface area contributed by atoms with Gasteiger partial charge in [-0.15, -0.1) is 0 Å². The van der Waals surface area contributed by atoms with Crippen LogP contribution in [0.1, 0.15) is 32.4 Å². The van der Waals surface area contributed by atoms with E-state index < -0.39 is 0 Å². The molecule has 8 heteroatoms. The number of anilines is 1. The highest BCUT2D eigenvalue weighted by atomic mass is 35.5. The predicted octanol–water partition coefficient (Wildman–Crippen LogP) is 4.38. The summed E-state index contributed by atoms with van der Waals surface area (Å²) < 4.78 is 11.1. The molecule has 1 aliphatic rings. The Balaban J connectivity index is 1.68. The largest absolute Gasteiger partial charge is 0.467 e. The molecule has 1 N–H and O–H groups in total. The number of carbonyl (C=O) groups is 2. The molecule has 2 heterocycles. The van der Waals surface area contributed by atoms with Crippen LogP contribution in [0.2, 0.25) is 5.02 Å². The molecule has 0 saturated carbocycles. The summed E-state index contributed by atoms with van der Waals surface area (Å²) in [5.41, 5.74) is 0.581. The number of benzene rings is 1. The molecule has 0 spiro atoms. The number of rotatable bonds is 8. The molecule has 1 aliphatic heterocycles. The topological polar surface area (TPSA) is 75.0 Å². The molecule has 3 rings (SSSR count). The van der Waals surface area contributed by atoms with Crippen molar-refractivity contribution in [3.8, 4) is 0 Å². The third-order valence-electron chi connectivity index (χ3n) is 4.99. The van der Waals surface area contributed by atoms with E-state index in [-0.39, 0.29) is 30.6 Å². The lowest BCUT2D eigenvalue weighted by atomic mass is 10.2. The second-order valence-corrected chi connectivity index (χ2v) is 8.09. The Hall–Kier alpha value is -2.51. The van der Waals surface area contributed by atoms with Crippen molar-refractivity contribution in [2.75, 3.05) is 25.0 Å². The normalized spacial score (nSPS) is 15.9. The molecule has 0 radical (unpaired) electrons. The molecule has 1 saturated heterocycles. The van der Waals surface area contributed by atoms with Crippen LogP contribution >= 0.6 is 11.6 Å². The predicted molar refractivity (Wildman–Crippen MR) is 115 cm³/mol. The first-order valence-electron chi connectivity index (χ1n) is 10.2. The second kappa shape index (κ2) is 10.5. The molecule has 1 unspecified atom stereocenters. The van der Waals surface area contributed by atoms with Gasteiger partial charge in [-0.3, -0.25) is 4.79 Å². The average molecular weight is 434 g/mol. The molecule has 2 aromatic rings. The number of hydrogen-bond acceptors (Lipinski definition) is 4. The van der Waals surface area contributed by atoms with Gasteiger partial charge in [-0.2, -0.15) is 0 Å². The van der Waals surface area contributed by atoms with Crippen molar-refractivity contribution in [1.29, 1.82) is 0 Å². The lowest BCUT2D eigenvalue weighted by Crippen LogP contribution is -2.48. The number of furan rings is 1. The van der Waals surface area contributed by atoms with Crippen LogP contribution in [0.25, 0.3) is 0 Å². The van der Waals surface area contributed by atoms with Crippen molar-refractivity contribution in [1.82, 2.24) is 9.80 Å². The minimum Gasteiger partial charge on any atom is -0.467 e. The summed E-state index contributed by atoms with van der Waals surface area (Å²) in [6.45, 7) is 5.24. The molecule has 1 aromatic carbocycles. The smallest absolute Gasteiger partial charge is 0.322 e. The summed E-state index contributed by atoms with van der Waals surface area (Å²) in [7, 11) is 0. The first-order valence-corrected chi connectivity index (χ1v) is 10.5. The van der Waals surface area contributed by atoms with Gasteiger partial charge >= 0.3 is 6.03 Å². The van der Waals surface area contributed by atoms with Crippen LogP contribution in [0, 0.1) is 0 Å². The second-order valence-electron chi connectivity index (χ2n) is 7.65. The van der Waals surface area contributed by atoms with Crippen LogP contribution in [0.4, 0.5) is 10.5 Å². The van der Waals surface area contributed by atoms with Gasteiger partial charge in [0.25, 0.3) is 0 Å². The van der Waals surface area contributed by atoms with Gasteiger partial charge in [-0.05, 0) is 57.0 Å². The highest BCUT2D eigenvalue weighted by molar-refractivity contribution is 6.30. The Labute approximate surface area is 181 Å². The maximum absolute atomic E-state index is 13.2. The minimum atomic E-state index is -0.351. The highest BCUT2D eigenvalue weighted by Gasteiger charge is 2.27. The van der Waals surface area contributed by atoms with Crippen LogP contribution in [-0.4, -0.2) is 53.6 Å². The molecule has 0 bridgehead atoms. The van der Waals surface area contributed by atoms with Crippen molar-refractivity contribution in [2.45, 2.75) is 45.4 Å². The van der Waals surface area contributed by atoms with Gasteiger partial charge in [0.05, 0.1) is 18.9 Å². The molecule has 162 valence electrons. The maximum atomic E-state index is 13.2. The van der Waals surface area contributed by atoms with E-state index in [4.69, 9.17) is 20.8 Å². The van der Waals surface area contributed by atoms with Crippen molar-refractivity contribution in [3.05, 3.63) is 53.4 Å². The maximum Gasteiger partial charge on any atom is 0.322 e. The zero-order valence-corrected chi connectivity index (χ0v) is 18.1. The quantitative estimate of drug-likeness (QED) is 0.670. The van der Waals surface area contributed by atoms with E-state index >= 15 is 0 Å². The fourth-order valence-electron chi connectivity index (χ4n) is 3.38. The number of carbonyl (C=O) groups excluding carboxylic acids is 2. The summed E-state index contributed by atoms with van der Waals surface area (Å²) in [5.74, 6) is 0.540. The van der Waals surface area contributed by atoms with E-state index in [1.165, 1.54) is 4.90 Å². The number of hydrogen-bond donors (Lipinski definition) is 1. The lowest BCUT2D eigenvalue weighted by Gasteiger charge is -2.30. The fraction of sp³-hybridized carbons (Fsp3) is 0.455. The van der Waals surface area contributed by atoms with Crippen molar-refractivity contribution in [2.24, 2.45) is 0 Å². The molecule has 7 nitrogen and oxygen atoms in total. The summed E-state index contributed by atoms with van der Waals surface area (Å²) in [6.07, 6.45) is 3.51. The van der Waals surface area contributed by atoms with Gasteiger partial charge < -0.3 is 24.3 Å². The fourth-order valence-corrected chi connectivity index (χ4v) is 3.57. The summed E-state index contributed by atoms with van der Waals surface area (Å²) in [6, 6.07) is 10.0. The Kier molecular flexibility index (Phi) is 7.76. The third kappa shape index (κ3) is 6.24. The molecule has 1 atom stereocenters. The van der Waals surface area contributed by atoms with Crippen LogP contribution in [0.5, 0.6) is 0 Å². The van der Waals surface area contributed by atoms with Crippen molar-refractivity contribution < 1.29 is 18.7 Å². The van der Waals surface area contributed by atoms with Gasteiger partial charge in [-0.25, -0.2) is 4.79 Å². The van der Waals surface area contributed by atoms with Gasteiger partial charge in [0.15, 0.2) is 0 Å². The van der Waals surface area contributed by atoms with E-state index in [1.807, 2.05) is 19.9 Å². The van der Waals surface area contributed by atoms with Crippen LogP contribution < -0.4 is 5.32 Å². The number of ether oxygens (including phenoxy) is 1. The van der Waals surface area contributed by atoms with E-state index in [2.05, 4.69) is 5.32 Å². The summed E-state index contributed by atoms with van der Waals surface area (Å²) in [4.78, 5) is 29.2. The number of urea groups is 1. The van der Waals surface area contributed by atoms with Gasteiger partial charge in [0.1, 0.15) is 12.3 Å². The number of nitrogens with zero attached hydrogens (tertiary/aromatic N) is 2. The number of halogens is 1.